The van der Waals surface area contributed by atoms with Gasteiger partial charge in [0.15, 0.2) is 5.82 Å². The molecule has 0 spiro atoms. The quantitative estimate of drug-likeness (QED) is 0.813. The zero-order valence-corrected chi connectivity index (χ0v) is 9.20. The lowest BCUT2D eigenvalue weighted by molar-refractivity contribution is 0.0788. The third-order valence-electron chi connectivity index (χ3n) is 2.24. The minimum atomic E-state index is -1.07. The van der Waals surface area contributed by atoms with Gasteiger partial charge in [-0.05, 0) is 12.1 Å². The molecule has 0 aliphatic carbocycles. The summed E-state index contributed by atoms with van der Waals surface area (Å²) in [7, 11) is 1.36. The first-order chi connectivity index (χ1) is 7.99. The van der Waals surface area contributed by atoms with Crippen molar-refractivity contribution in [3.05, 3.63) is 29.3 Å². The number of anilines is 1. The molecule has 0 bridgehead atoms. The average molecular weight is 239 g/mol. The number of hydrogen-bond donors (Lipinski definition) is 1. The standard InChI is InChI=1S/C11H11F2N3O/c1-16(6-2-5-14)11(17)9-7(12)3-4-8(15)10(9)13/h3-4H,2,6,15H2,1H3. The van der Waals surface area contributed by atoms with Crippen LogP contribution in [0, 0.1) is 23.0 Å². The molecule has 1 aromatic carbocycles. The molecule has 4 nitrogen and oxygen atoms in total. The first-order valence-corrected chi connectivity index (χ1v) is 4.85. The maximum Gasteiger partial charge on any atom is 0.259 e. The highest BCUT2D eigenvalue weighted by molar-refractivity contribution is 5.95. The highest BCUT2D eigenvalue weighted by Crippen LogP contribution is 2.19. The van der Waals surface area contributed by atoms with E-state index in [1.807, 2.05) is 6.07 Å². The number of hydrogen-bond acceptors (Lipinski definition) is 3. The van der Waals surface area contributed by atoms with Crippen molar-refractivity contribution in [2.24, 2.45) is 0 Å². The van der Waals surface area contributed by atoms with Crippen LogP contribution in [-0.2, 0) is 0 Å². The topological polar surface area (TPSA) is 70.1 Å². The molecule has 1 aromatic rings. The fraction of sp³-hybridized carbons (Fsp3) is 0.273. The molecule has 0 aromatic heterocycles. The van der Waals surface area contributed by atoms with Gasteiger partial charge in [-0.3, -0.25) is 4.79 Å². The summed E-state index contributed by atoms with van der Waals surface area (Å²) >= 11 is 0. The monoisotopic (exact) mass is 239 g/mol. The summed E-state index contributed by atoms with van der Waals surface area (Å²) in [4.78, 5) is 12.8. The minimum Gasteiger partial charge on any atom is -0.396 e. The van der Waals surface area contributed by atoms with Gasteiger partial charge in [0.05, 0.1) is 18.2 Å². The van der Waals surface area contributed by atoms with Crippen molar-refractivity contribution >= 4 is 11.6 Å². The number of rotatable bonds is 3. The van der Waals surface area contributed by atoms with Crippen LogP contribution >= 0.6 is 0 Å². The molecule has 1 rings (SSSR count). The number of nitrogen functional groups attached to an aromatic ring is 1. The van der Waals surface area contributed by atoms with E-state index < -0.39 is 23.1 Å². The number of nitriles is 1. The van der Waals surface area contributed by atoms with Crippen molar-refractivity contribution in [1.29, 1.82) is 5.26 Å². The normalized spacial score (nSPS) is 9.76. The lowest BCUT2D eigenvalue weighted by Gasteiger charge is -2.16. The van der Waals surface area contributed by atoms with E-state index in [1.54, 1.807) is 0 Å². The maximum atomic E-state index is 13.5. The van der Waals surface area contributed by atoms with Gasteiger partial charge in [-0.15, -0.1) is 0 Å². The molecule has 0 radical (unpaired) electrons. The van der Waals surface area contributed by atoms with Crippen LogP contribution < -0.4 is 5.73 Å². The van der Waals surface area contributed by atoms with E-state index >= 15 is 0 Å². The molecule has 0 aliphatic rings. The molecular weight excluding hydrogens is 228 g/mol. The Bertz CT molecular complexity index is 482. The smallest absolute Gasteiger partial charge is 0.259 e. The van der Waals surface area contributed by atoms with Crippen molar-refractivity contribution in [3.63, 3.8) is 0 Å². The zero-order valence-electron chi connectivity index (χ0n) is 9.20. The number of benzene rings is 1. The van der Waals surface area contributed by atoms with Crippen molar-refractivity contribution in [2.75, 3.05) is 19.3 Å². The number of nitrogens with zero attached hydrogens (tertiary/aromatic N) is 2. The van der Waals surface area contributed by atoms with E-state index in [-0.39, 0.29) is 18.7 Å². The second kappa shape index (κ2) is 5.25. The average Bonchev–Trinajstić information content (AvgIpc) is 2.31. The largest absolute Gasteiger partial charge is 0.396 e. The molecule has 90 valence electrons. The van der Waals surface area contributed by atoms with E-state index in [2.05, 4.69) is 0 Å². The Morgan fingerprint density at radius 1 is 1.53 bits per heavy atom. The lowest BCUT2D eigenvalue weighted by Crippen LogP contribution is -2.29. The number of amides is 1. The fourth-order valence-corrected chi connectivity index (χ4v) is 1.27. The third-order valence-corrected chi connectivity index (χ3v) is 2.24. The number of halogens is 2. The highest BCUT2D eigenvalue weighted by Gasteiger charge is 2.22. The van der Waals surface area contributed by atoms with E-state index in [0.29, 0.717) is 0 Å². The van der Waals surface area contributed by atoms with Gasteiger partial charge in [0.25, 0.3) is 5.91 Å². The van der Waals surface area contributed by atoms with Crippen molar-refractivity contribution in [1.82, 2.24) is 4.90 Å². The van der Waals surface area contributed by atoms with Crippen LogP contribution in [0.5, 0.6) is 0 Å². The van der Waals surface area contributed by atoms with Crippen LogP contribution in [0.3, 0.4) is 0 Å². The van der Waals surface area contributed by atoms with Gasteiger partial charge in [0.2, 0.25) is 0 Å². The van der Waals surface area contributed by atoms with Crippen LogP contribution in [0.15, 0.2) is 12.1 Å². The second-order valence-electron chi connectivity index (χ2n) is 3.46. The third kappa shape index (κ3) is 2.69. The molecular formula is C11H11F2N3O. The van der Waals surface area contributed by atoms with Gasteiger partial charge in [0.1, 0.15) is 11.4 Å². The molecule has 0 unspecified atom stereocenters. The molecule has 0 saturated carbocycles. The summed E-state index contributed by atoms with van der Waals surface area (Å²) in [5, 5.41) is 8.36. The Labute approximate surface area is 97.2 Å². The second-order valence-corrected chi connectivity index (χ2v) is 3.46. The summed E-state index contributed by atoms with van der Waals surface area (Å²) in [6.07, 6.45) is 0.0911. The molecule has 0 fully saturated rings. The molecule has 1 amide bonds. The predicted molar refractivity (Wildman–Crippen MR) is 58.0 cm³/mol. The lowest BCUT2D eigenvalue weighted by atomic mass is 10.1. The predicted octanol–water partition coefficient (Wildman–Crippen LogP) is 1.53. The maximum absolute atomic E-state index is 13.5. The number of carbonyl (C=O) groups is 1. The van der Waals surface area contributed by atoms with E-state index in [0.717, 1.165) is 17.0 Å². The van der Waals surface area contributed by atoms with E-state index in [9.17, 15) is 13.6 Å². The van der Waals surface area contributed by atoms with Gasteiger partial charge in [-0.1, -0.05) is 0 Å². The highest BCUT2D eigenvalue weighted by atomic mass is 19.1. The molecule has 0 atom stereocenters. The van der Waals surface area contributed by atoms with Gasteiger partial charge < -0.3 is 10.6 Å². The van der Waals surface area contributed by atoms with Gasteiger partial charge in [-0.2, -0.15) is 5.26 Å². The fourth-order valence-electron chi connectivity index (χ4n) is 1.27. The number of carbonyl (C=O) groups excluding carboxylic acids is 1. The minimum absolute atomic E-state index is 0.0911. The van der Waals surface area contributed by atoms with Crippen LogP contribution in [0.25, 0.3) is 0 Å². The Hall–Kier alpha value is -2.16. The molecule has 0 aliphatic heterocycles. The van der Waals surface area contributed by atoms with Crippen molar-refractivity contribution < 1.29 is 13.6 Å². The van der Waals surface area contributed by atoms with Crippen molar-refractivity contribution in [3.8, 4) is 6.07 Å². The molecule has 6 heteroatoms. The molecule has 0 saturated heterocycles. The van der Waals surface area contributed by atoms with Crippen molar-refractivity contribution in [2.45, 2.75) is 6.42 Å². The van der Waals surface area contributed by atoms with Gasteiger partial charge >= 0.3 is 0 Å². The van der Waals surface area contributed by atoms with E-state index in [4.69, 9.17) is 11.0 Å². The first-order valence-electron chi connectivity index (χ1n) is 4.85. The Balaban J connectivity index is 3.04. The SMILES string of the molecule is CN(CCC#N)C(=O)c1c(F)ccc(N)c1F. The summed E-state index contributed by atoms with van der Waals surface area (Å²) < 4.78 is 26.9. The van der Waals surface area contributed by atoms with Gasteiger partial charge in [0, 0.05) is 13.6 Å². The van der Waals surface area contributed by atoms with Crippen LogP contribution in [0.2, 0.25) is 0 Å². The summed E-state index contributed by atoms with van der Waals surface area (Å²) in [5.74, 6) is -2.87. The molecule has 17 heavy (non-hydrogen) atoms. The Morgan fingerprint density at radius 2 is 2.18 bits per heavy atom. The molecule has 0 heterocycles. The van der Waals surface area contributed by atoms with Crippen LogP contribution in [0.1, 0.15) is 16.8 Å². The van der Waals surface area contributed by atoms with E-state index in [1.165, 1.54) is 7.05 Å². The van der Waals surface area contributed by atoms with Crippen LogP contribution in [0.4, 0.5) is 14.5 Å². The molecule has 2 N–H and O–H groups in total. The summed E-state index contributed by atoms with van der Waals surface area (Å²) in [6, 6.07) is 3.83. The Kier molecular flexibility index (Phi) is 3.99. The number of nitrogens with two attached hydrogens (primary N) is 1. The zero-order chi connectivity index (χ0) is 13.0. The summed E-state index contributed by atoms with van der Waals surface area (Å²) in [6.45, 7) is 0.100. The van der Waals surface area contributed by atoms with Crippen LogP contribution in [-0.4, -0.2) is 24.4 Å². The van der Waals surface area contributed by atoms with Gasteiger partial charge in [-0.25, -0.2) is 8.78 Å². The first kappa shape index (κ1) is 12.9. The summed E-state index contributed by atoms with van der Waals surface area (Å²) in [5.41, 5.74) is 4.28. The Morgan fingerprint density at radius 3 is 2.76 bits per heavy atom.